The highest BCUT2D eigenvalue weighted by Crippen LogP contribution is 2.31. The van der Waals surface area contributed by atoms with Gasteiger partial charge in [-0.1, -0.05) is 29.3 Å². The molecule has 21 heavy (non-hydrogen) atoms. The quantitative estimate of drug-likeness (QED) is 0.865. The van der Waals surface area contributed by atoms with Crippen LogP contribution in [-0.2, 0) is 11.3 Å². The van der Waals surface area contributed by atoms with Crippen molar-refractivity contribution in [3.05, 3.63) is 44.3 Å². The lowest BCUT2D eigenvalue weighted by Crippen LogP contribution is -2.24. The van der Waals surface area contributed by atoms with Gasteiger partial charge in [0.15, 0.2) is 0 Å². The smallest absolute Gasteiger partial charge is 0.223 e. The van der Waals surface area contributed by atoms with Crippen LogP contribution < -0.4 is 10.1 Å². The third kappa shape index (κ3) is 4.88. The summed E-state index contributed by atoms with van der Waals surface area (Å²) in [5.74, 6) is 0.397. The van der Waals surface area contributed by atoms with Crippen LogP contribution in [0.15, 0.2) is 24.4 Å². The molecule has 1 heterocycles. The molecule has 0 saturated carbocycles. The van der Waals surface area contributed by atoms with E-state index in [0.717, 1.165) is 9.88 Å². The molecule has 2 aromatic rings. The second-order valence-electron chi connectivity index (χ2n) is 4.27. The van der Waals surface area contributed by atoms with Gasteiger partial charge in [-0.3, -0.25) is 4.79 Å². The summed E-state index contributed by atoms with van der Waals surface area (Å²) in [6.45, 7) is 2.66. The van der Waals surface area contributed by atoms with Gasteiger partial charge in [0.05, 0.1) is 29.6 Å². The van der Waals surface area contributed by atoms with Crippen molar-refractivity contribution in [1.82, 2.24) is 10.3 Å². The van der Waals surface area contributed by atoms with Crippen LogP contribution in [0.25, 0.3) is 0 Å². The van der Waals surface area contributed by atoms with E-state index in [0.29, 0.717) is 22.3 Å². The molecule has 0 atom stereocenters. The molecule has 1 aromatic carbocycles. The molecule has 4 nitrogen and oxygen atoms in total. The molecular formula is C14H14Cl2N2O2S. The van der Waals surface area contributed by atoms with E-state index in [1.165, 1.54) is 0 Å². The fraction of sp³-hybridized carbons (Fsp3) is 0.286. The molecule has 0 aliphatic carbocycles. The van der Waals surface area contributed by atoms with Gasteiger partial charge < -0.3 is 10.1 Å². The third-order valence-corrected chi connectivity index (χ3v) is 4.35. The molecule has 1 amide bonds. The number of thiazole rings is 1. The molecule has 2 rings (SSSR count). The number of halogens is 2. The monoisotopic (exact) mass is 344 g/mol. The fourth-order valence-corrected chi connectivity index (χ4v) is 2.69. The lowest BCUT2D eigenvalue weighted by molar-refractivity contribution is -0.121. The fourth-order valence-electron chi connectivity index (χ4n) is 1.61. The van der Waals surface area contributed by atoms with Crippen LogP contribution in [0.5, 0.6) is 5.75 Å². The van der Waals surface area contributed by atoms with Crippen molar-refractivity contribution in [2.24, 2.45) is 0 Å². The standard InChI is InChI=1S/C14H14Cl2N2O2S/c1-9-17-7-10(21-9)8-18-13(19)5-6-20-12-4-2-3-11(15)14(12)16/h2-4,7H,5-6,8H2,1H3,(H,18,19). The second kappa shape index (κ2) is 7.64. The molecule has 0 radical (unpaired) electrons. The average Bonchev–Trinajstić information content (AvgIpc) is 2.87. The van der Waals surface area contributed by atoms with Crippen molar-refractivity contribution in [2.45, 2.75) is 19.9 Å². The predicted octanol–water partition coefficient (Wildman–Crippen LogP) is 3.84. The number of aromatic nitrogens is 1. The van der Waals surface area contributed by atoms with E-state index in [2.05, 4.69) is 10.3 Å². The van der Waals surface area contributed by atoms with Crippen molar-refractivity contribution < 1.29 is 9.53 Å². The number of amides is 1. The number of hydrogen-bond acceptors (Lipinski definition) is 4. The van der Waals surface area contributed by atoms with Crippen LogP contribution in [0.3, 0.4) is 0 Å². The SMILES string of the molecule is Cc1ncc(CNC(=O)CCOc2cccc(Cl)c2Cl)s1. The average molecular weight is 345 g/mol. The molecule has 0 spiro atoms. The number of nitrogens with one attached hydrogen (secondary N) is 1. The lowest BCUT2D eigenvalue weighted by Gasteiger charge is -2.08. The van der Waals surface area contributed by atoms with E-state index in [1.54, 1.807) is 35.7 Å². The molecule has 0 bridgehead atoms. The van der Waals surface area contributed by atoms with E-state index < -0.39 is 0 Å². The first-order valence-corrected chi connectivity index (χ1v) is 7.88. The van der Waals surface area contributed by atoms with Gasteiger partial charge in [0.2, 0.25) is 5.91 Å². The number of rotatable bonds is 6. The van der Waals surface area contributed by atoms with Crippen molar-refractivity contribution in [1.29, 1.82) is 0 Å². The summed E-state index contributed by atoms with van der Waals surface area (Å²) >= 11 is 13.4. The first kappa shape index (κ1) is 16.1. The van der Waals surface area contributed by atoms with Crippen LogP contribution in [0, 0.1) is 6.92 Å². The van der Waals surface area contributed by atoms with E-state index in [9.17, 15) is 4.79 Å². The summed E-state index contributed by atoms with van der Waals surface area (Å²) in [6, 6.07) is 5.14. The second-order valence-corrected chi connectivity index (χ2v) is 6.38. The lowest BCUT2D eigenvalue weighted by atomic mass is 10.3. The Bertz CT molecular complexity index is 631. The Hall–Kier alpha value is -1.30. The van der Waals surface area contributed by atoms with Gasteiger partial charge in [0.1, 0.15) is 10.8 Å². The maximum Gasteiger partial charge on any atom is 0.223 e. The molecule has 0 aliphatic rings. The number of nitrogens with zero attached hydrogens (tertiary/aromatic N) is 1. The first-order valence-electron chi connectivity index (χ1n) is 6.31. The number of aryl methyl sites for hydroxylation is 1. The van der Waals surface area contributed by atoms with E-state index >= 15 is 0 Å². The molecule has 0 saturated heterocycles. The minimum atomic E-state index is -0.0841. The first-order chi connectivity index (χ1) is 10.1. The Morgan fingerprint density at radius 1 is 1.43 bits per heavy atom. The summed E-state index contributed by atoms with van der Waals surface area (Å²) in [5.41, 5.74) is 0. The number of benzene rings is 1. The van der Waals surface area contributed by atoms with Crippen molar-refractivity contribution in [3.63, 3.8) is 0 Å². The molecule has 112 valence electrons. The van der Waals surface area contributed by atoms with Crippen molar-refractivity contribution >= 4 is 40.4 Å². The van der Waals surface area contributed by atoms with Gasteiger partial charge >= 0.3 is 0 Å². The largest absolute Gasteiger partial charge is 0.491 e. The van der Waals surface area contributed by atoms with E-state index in [-0.39, 0.29) is 18.9 Å². The highest BCUT2D eigenvalue weighted by molar-refractivity contribution is 7.11. The molecule has 0 fully saturated rings. The zero-order chi connectivity index (χ0) is 15.2. The van der Waals surface area contributed by atoms with Crippen LogP contribution in [-0.4, -0.2) is 17.5 Å². The highest BCUT2D eigenvalue weighted by Gasteiger charge is 2.07. The molecule has 1 aromatic heterocycles. The Kier molecular flexibility index (Phi) is 5.85. The van der Waals surface area contributed by atoms with E-state index in [4.69, 9.17) is 27.9 Å². The normalized spacial score (nSPS) is 10.4. The van der Waals surface area contributed by atoms with Crippen molar-refractivity contribution in [2.75, 3.05) is 6.61 Å². The minimum Gasteiger partial charge on any atom is -0.491 e. The van der Waals surface area contributed by atoms with Crippen LogP contribution in [0.1, 0.15) is 16.3 Å². The zero-order valence-corrected chi connectivity index (χ0v) is 13.7. The minimum absolute atomic E-state index is 0.0841. The summed E-state index contributed by atoms with van der Waals surface area (Å²) in [5, 5.41) is 4.59. The van der Waals surface area contributed by atoms with Crippen molar-refractivity contribution in [3.8, 4) is 5.75 Å². The number of ether oxygens (including phenoxy) is 1. The van der Waals surface area contributed by atoms with Gasteiger partial charge in [-0.25, -0.2) is 4.98 Å². The third-order valence-electron chi connectivity index (χ3n) is 2.63. The molecular weight excluding hydrogens is 331 g/mol. The number of carbonyl (C=O) groups excluding carboxylic acids is 1. The summed E-state index contributed by atoms with van der Waals surface area (Å²) in [4.78, 5) is 16.9. The predicted molar refractivity (Wildman–Crippen MR) is 85.3 cm³/mol. The van der Waals surface area contributed by atoms with Crippen LogP contribution in [0.2, 0.25) is 10.0 Å². The number of hydrogen-bond donors (Lipinski definition) is 1. The number of carbonyl (C=O) groups is 1. The Labute approximate surface area is 137 Å². The summed E-state index contributed by atoms with van der Waals surface area (Å²) < 4.78 is 5.46. The van der Waals surface area contributed by atoms with Gasteiger partial charge in [0.25, 0.3) is 0 Å². The van der Waals surface area contributed by atoms with Gasteiger partial charge in [-0.15, -0.1) is 11.3 Å². The Morgan fingerprint density at radius 2 is 2.24 bits per heavy atom. The Morgan fingerprint density at radius 3 is 2.95 bits per heavy atom. The highest BCUT2D eigenvalue weighted by atomic mass is 35.5. The molecule has 7 heteroatoms. The van der Waals surface area contributed by atoms with Crippen LogP contribution >= 0.6 is 34.5 Å². The Balaban J connectivity index is 1.73. The van der Waals surface area contributed by atoms with E-state index in [1.807, 2.05) is 6.92 Å². The summed E-state index contributed by atoms with van der Waals surface area (Å²) in [6.07, 6.45) is 2.02. The summed E-state index contributed by atoms with van der Waals surface area (Å²) in [7, 11) is 0. The molecule has 1 N–H and O–H groups in total. The van der Waals surface area contributed by atoms with Crippen LogP contribution in [0.4, 0.5) is 0 Å². The van der Waals surface area contributed by atoms with Gasteiger partial charge in [0, 0.05) is 11.1 Å². The molecule has 0 aliphatic heterocycles. The zero-order valence-electron chi connectivity index (χ0n) is 11.4. The topological polar surface area (TPSA) is 51.2 Å². The molecule has 0 unspecified atom stereocenters. The van der Waals surface area contributed by atoms with Gasteiger partial charge in [-0.2, -0.15) is 0 Å². The maximum absolute atomic E-state index is 11.7. The maximum atomic E-state index is 11.7. The van der Waals surface area contributed by atoms with Gasteiger partial charge in [-0.05, 0) is 19.1 Å².